The van der Waals surface area contributed by atoms with Gasteiger partial charge in [0.15, 0.2) is 0 Å². The molecule has 0 aliphatic rings. The summed E-state index contributed by atoms with van der Waals surface area (Å²) in [5.74, 6) is 0.112. The number of hydrogen-bond donors (Lipinski definition) is 1. The van der Waals surface area contributed by atoms with Crippen LogP contribution in [0.1, 0.15) is 51.8 Å². The molecule has 0 aliphatic carbocycles. The van der Waals surface area contributed by atoms with Crippen LogP contribution in [0.4, 0.5) is 0 Å². The Bertz CT molecular complexity index is 837. The van der Waals surface area contributed by atoms with Gasteiger partial charge >= 0.3 is 0 Å². The molecule has 2 rings (SSSR count). The highest BCUT2D eigenvalue weighted by Gasteiger charge is 2.32. The lowest BCUT2D eigenvalue weighted by Gasteiger charge is -2.29. The molecule has 2 aromatic rings. The van der Waals surface area contributed by atoms with E-state index in [1.807, 2.05) is 41.5 Å². The van der Waals surface area contributed by atoms with E-state index in [2.05, 4.69) is 9.82 Å². The Morgan fingerprint density at radius 1 is 1.19 bits per heavy atom. The van der Waals surface area contributed by atoms with Crippen LogP contribution < -0.4 is 4.72 Å². The minimum absolute atomic E-state index is 0.112. The standard InChI is InChI=1S/C18H27N3O3S2/c1-13(2)17(20-25(22)18(4,5)6)15-11-19-21(12-15)26(23,24)16-9-7-14(3)8-10-16/h7-13,17,20H,1-6H3. The molecule has 0 spiro atoms. The first-order valence-electron chi connectivity index (χ1n) is 8.48. The number of hydrogen-bond acceptors (Lipinski definition) is 5. The lowest BCUT2D eigenvalue weighted by atomic mass is 10.0. The fraction of sp³-hybridized carbons (Fsp3) is 0.500. The molecule has 144 valence electrons. The molecule has 0 amide bonds. The Labute approximate surface area is 159 Å². The molecular weight excluding hydrogens is 370 g/mol. The zero-order chi connectivity index (χ0) is 19.7. The molecule has 0 bridgehead atoms. The second kappa shape index (κ2) is 7.72. The summed E-state index contributed by atoms with van der Waals surface area (Å²) in [6.45, 7) is 11.5. The summed E-state index contributed by atoms with van der Waals surface area (Å²) in [4.78, 5) is 0.185. The van der Waals surface area contributed by atoms with E-state index in [1.165, 1.54) is 12.4 Å². The second-order valence-electron chi connectivity index (χ2n) is 7.68. The first-order valence-corrected chi connectivity index (χ1v) is 11.1. The van der Waals surface area contributed by atoms with Crippen molar-refractivity contribution >= 4 is 21.4 Å². The summed E-state index contributed by atoms with van der Waals surface area (Å²) >= 11 is -1.28. The van der Waals surface area contributed by atoms with E-state index in [4.69, 9.17) is 0 Å². The molecule has 1 N–H and O–H groups in total. The highest BCUT2D eigenvalue weighted by molar-refractivity contribution is 7.90. The average molecular weight is 398 g/mol. The predicted molar refractivity (Wildman–Crippen MR) is 105 cm³/mol. The number of nitrogens with zero attached hydrogens (tertiary/aromatic N) is 2. The first-order chi connectivity index (χ1) is 11.9. The van der Waals surface area contributed by atoms with E-state index >= 15 is 0 Å². The van der Waals surface area contributed by atoms with Crippen molar-refractivity contribution in [3.8, 4) is 0 Å². The van der Waals surface area contributed by atoms with Crippen LogP contribution in [-0.2, 0) is 21.4 Å². The quantitative estimate of drug-likeness (QED) is 0.757. The van der Waals surface area contributed by atoms with Gasteiger partial charge in [0.05, 0.1) is 17.1 Å². The molecule has 0 radical (unpaired) electrons. The van der Waals surface area contributed by atoms with Crippen molar-refractivity contribution in [3.63, 3.8) is 0 Å². The fourth-order valence-corrected chi connectivity index (χ4v) is 4.43. The van der Waals surface area contributed by atoms with E-state index in [0.29, 0.717) is 5.56 Å². The molecule has 8 heteroatoms. The maximum atomic E-state index is 12.8. The van der Waals surface area contributed by atoms with Crippen molar-refractivity contribution in [1.29, 1.82) is 0 Å². The van der Waals surface area contributed by atoms with Crippen molar-refractivity contribution < 1.29 is 13.0 Å². The molecule has 0 aliphatic heterocycles. The van der Waals surface area contributed by atoms with E-state index in [-0.39, 0.29) is 16.9 Å². The average Bonchev–Trinajstić information content (AvgIpc) is 3.01. The minimum atomic E-state index is -3.75. The molecule has 6 nitrogen and oxygen atoms in total. The van der Waals surface area contributed by atoms with E-state index < -0.39 is 26.1 Å². The number of aromatic nitrogens is 2. The minimum Gasteiger partial charge on any atom is -0.598 e. The van der Waals surface area contributed by atoms with Gasteiger partial charge in [0.2, 0.25) is 0 Å². The van der Waals surface area contributed by atoms with Crippen LogP contribution in [0.5, 0.6) is 0 Å². The summed E-state index contributed by atoms with van der Waals surface area (Å²) in [6.07, 6.45) is 3.01. The zero-order valence-corrected chi connectivity index (χ0v) is 17.7. The Morgan fingerprint density at radius 2 is 1.77 bits per heavy atom. The van der Waals surface area contributed by atoms with E-state index in [0.717, 1.165) is 9.65 Å². The lowest BCUT2D eigenvalue weighted by molar-refractivity contribution is 0.452. The van der Waals surface area contributed by atoms with Gasteiger partial charge in [-0.1, -0.05) is 31.5 Å². The molecule has 26 heavy (non-hydrogen) atoms. The van der Waals surface area contributed by atoms with Crippen molar-refractivity contribution in [1.82, 2.24) is 13.9 Å². The normalized spacial score (nSPS) is 15.2. The predicted octanol–water partition coefficient (Wildman–Crippen LogP) is 3.18. The van der Waals surface area contributed by atoms with Gasteiger partial charge in [-0.2, -0.15) is 17.6 Å². The van der Waals surface area contributed by atoms with Crippen molar-refractivity contribution in [2.45, 2.75) is 57.2 Å². The molecular formula is C18H27N3O3S2. The third kappa shape index (κ3) is 4.68. The van der Waals surface area contributed by atoms with Crippen LogP contribution >= 0.6 is 0 Å². The maximum Gasteiger partial charge on any atom is 0.282 e. The highest BCUT2D eigenvalue weighted by atomic mass is 32.2. The van der Waals surface area contributed by atoms with Crippen molar-refractivity contribution in [2.75, 3.05) is 0 Å². The van der Waals surface area contributed by atoms with Gasteiger partial charge in [0.1, 0.15) is 4.75 Å². The monoisotopic (exact) mass is 397 g/mol. The van der Waals surface area contributed by atoms with Gasteiger partial charge in [-0.25, -0.2) is 0 Å². The molecule has 1 aromatic carbocycles. The Kier molecular flexibility index (Phi) is 6.22. The Hall–Kier alpha value is -1.35. The van der Waals surface area contributed by atoms with Gasteiger partial charge in [-0.3, -0.25) is 0 Å². The fourth-order valence-electron chi connectivity index (χ4n) is 2.31. The third-order valence-electron chi connectivity index (χ3n) is 3.96. The van der Waals surface area contributed by atoms with Crippen LogP contribution in [-0.4, -0.2) is 26.9 Å². The molecule has 0 fully saturated rings. The molecule has 2 unspecified atom stereocenters. The maximum absolute atomic E-state index is 12.8. The SMILES string of the molecule is Cc1ccc(S(=O)(=O)n2cc(C(N[S+]([O-])C(C)(C)C)C(C)C)cn2)cc1. The number of benzene rings is 1. The summed E-state index contributed by atoms with van der Waals surface area (Å²) in [6, 6.07) is 6.37. The zero-order valence-electron chi connectivity index (χ0n) is 16.1. The Balaban J connectivity index is 2.32. The van der Waals surface area contributed by atoms with Crippen LogP contribution in [0.15, 0.2) is 41.6 Å². The van der Waals surface area contributed by atoms with Crippen LogP contribution in [0.2, 0.25) is 0 Å². The largest absolute Gasteiger partial charge is 0.598 e. The first kappa shape index (κ1) is 21.0. The molecule has 1 aromatic heterocycles. The van der Waals surface area contributed by atoms with Gasteiger partial charge in [0, 0.05) is 23.1 Å². The molecule has 0 saturated carbocycles. The molecule has 2 atom stereocenters. The smallest absolute Gasteiger partial charge is 0.282 e. The van der Waals surface area contributed by atoms with Crippen molar-refractivity contribution in [3.05, 3.63) is 47.8 Å². The van der Waals surface area contributed by atoms with Gasteiger partial charge in [0.25, 0.3) is 10.0 Å². The van der Waals surface area contributed by atoms with Crippen molar-refractivity contribution in [2.24, 2.45) is 5.92 Å². The highest BCUT2D eigenvalue weighted by Crippen LogP contribution is 2.26. The van der Waals surface area contributed by atoms with Crippen LogP contribution in [0.3, 0.4) is 0 Å². The lowest BCUT2D eigenvalue weighted by Crippen LogP contribution is -2.42. The van der Waals surface area contributed by atoms with Gasteiger partial charge in [-0.05, 0) is 45.7 Å². The summed E-state index contributed by atoms with van der Waals surface area (Å²) in [5, 5.41) is 4.05. The number of nitrogens with one attached hydrogen (secondary N) is 1. The van der Waals surface area contributed by atoms with Gasteiger partial charge < -0.3 is 4.55 Å². The Morgan fingerprint density at radius 3 is 2.27 bits per heavy atom. The summed E-state index contributed by atoms with van der Waals surface area (Å²) < 4.78 is 41.6. The third-order valence-corrected chi connectivity index (χ3v) is 7.10. The summed E-state index contributed by atoms with van der Waals surface area (Å²) in [7, 11) is -3.75. The van der Waals surface area contributed by atoms with E-state index in [1.54, 1.807) is 24.3 Å². The molecule has 1 heterocycles. The topological polar surface area (TPSA) is 87.0 Å². The van der Waals surface area contributed by atoms with E-state index in [9.17, 15) is 13.0 Å². The van der Waals surface area contributed by atoms with Crippen LogP contribution in [0.25, 0.3) is 0 Å². The number of rotatable bonds is 6. The summed E-state index contributed by atoms with van der Waals surface area (Å²) in [5.41, 5.74) is 1.67. The molecule has 0 saturated heterocycles. The van der Waals surface area contributed by atoms with Crippen LogP contribution in [0, 0.1) is 12.8 Å². The number of aryl methyl sites for hydroxylation is 1. The van der Waals surface area contributed by atoms with Gasteiger partial charge in [-0.15, -0.1) is 4.72 Å². The second-order valence-corrected chi connectivity index (χ2v) is 11.5.